The largest absolute Gasteiger partial charge is 0.276 e. The van der Waals surface area contributed by atoms with Gasteiger partial charge in [0.1, 0.15) is 5.01 Å². The van der Waals surface area contributed by atoms with E-state index in [1.807, 2.05) is 0 Å². The van der Waals surface area contributed by atoms with E-state index in [1.165, 1.54) is 11.3 Å². The third-order valence-electron chi connectivity index (χ3n) is 1.76. The number of nitrogens with zero attached hydrogens (tertiary/aromatic N) is 2. The Morgan fingerprint density at radius 1 is 1.20 bits per heavy atom. The highest BCUT2D eigenvalue weighted by atomic mass is 35.5. The molecule has 0 N–H and O–H groups in total. The van der Waals surface area contributed by atoms with Crippen LogP contribution in [0.3, 0.4) is 0 Å². The Balaban J connectivity index is 2.35. The van der Waals surface area contributed by atoms with Gasteiger partial charge in [0.05, 0.1) is 0 Å². The molecule has 15 heavy (non-hydrogen) atoms. The van der Waals surface area contributed by atoms with Gasteiger partial charge in [0.2, 0.25) is 4.47 Å². The van der Waals surface area contributed by atoms with Gasteiger partial charge in [0.15, 0.2) is 0 Å². The molecule has 1 heterocycles. The lowest BCUT2D eigenvalue weighted by molar-refractivity contribution is 0.108. The minimum Gasteiger partial charge on any atom is -0.276 e. The molecule has 2 aromatic rings. The van der Waals surface area contributed by atoms with Crippen molar-refractivity contribution in [3.05, 3.63) is 34.3 Å². The van der Waals surface area contributed by atoms with Gasteiger partial charge >= 0.3 is 0 Å². The van der Waals surface area contributed by atoms with Crippen molar-refractivity contribution in [1.29, 1.82) is 0 Å². The first-order valence-corrected chi connectivity index (χ1v) is 5.53. The Morgan fingerprint density at radius 2 is 1.87 bits per heavy atom. The Hall–Kier alpha value is -0.970. The fourth-order valence-electron chi connectivity index (χ4n) is 1.07. The fourth-order valence-corrected chi connectivity index (χ4v) is 2.03. The number of aromatic nitrogens is 2. The van der Waals surface area contributed by atoms with E-state index in [0.29, 0.717) is 15.0 Å². The molecule has 3 nitrogen and oxygen atoms in total. The van der Waals surface area contributed by atoms with Crippen molar-refractivity contribution in [2.75, 3.05) is 0 Å². The van der Waals surface area contributed by atoms with Crippen molar-refractivity contribution in [2.45, 2.75) is 0 Å². The van der Waals surface area contributed by atoms with Gasteiger partial charge in [-0.15, -0.1) is 10.2 Å². The molecule has 0 radical (unpaired) electrons. The van der Waals surface area contributed by atoms with E-state index in [4.69, 9.17) is 23.2 Å². The van der Waals surface area contributed by atoms with E-state index >= 15 is 0 Å². The van der Waals surface area contributed by atoms with Crippen LogP contribution in [-0.2, 0) is 0 Å². The summed E-state index contributed by atoms with van der Waals surface area (Å²) >= 11 is 12.3. The van der Waals surface area contributed by atoms with Crippen LogP contribution in [0.15, 0.2) is 24.3 Å². The second-order valence-electron chi connectivity index (χ2n) is 2.71. The zero-order valence-electron chi connectivity index (χ0n) is 7.28. The molecule has 6 heteroatoms. The summed E-state index contributed by atoms with van der Waals surface area (Å²) < 4.78 is 0.391. The van der Waals surface area contributed by atoms with Crippen LogP contribution in [0.2, 0.25) is 4.47 Å². The van der Waals surface area contributed by atoms with Crippen LogP contribution in [0.1, 0.15) is 10.4 Å². The number of halogens is 2. The minimum atomic E-state index is -0.475. The van der Waals surface area contributed by atoms with Gasteiger partial charge in [-0.3, -0.25) is 4.79 Å². The maximum Gasteiger partial charge on any atom is 0.252 e. The summed E-state index contributed by atoms with van der Waals surface area (Å²) in [4.78, 5) is 10.8. The molecule has 0 aliphatic carbocycles. The van der Waals surface area contributed by atoms with E-state index < -0.39 is 5.24 Å². The highest BCUT2D eigenvalue weighted by Gasteiger charge is 2.06. The van der Waals surface area contributed by atoms with Crippen LogP contribution in [0.25, 0.3) is 10.6 Å². The van der Waals surface area contributed by atoms with Crippen molar-refractivity contribution in [3.63, 3.8) is 0 Å². The van der Waals surface area contributed by atoms with Crippen molar-refractivity contribution in [1.82, 2.24) is 10.2 Å². The summed E-state index contributed by atoms with van der Waals surface area (Å²) in [5.41, 5.74) is 1.32. The van der Waals surface area contributed by atoms with Crippen LogP contribution in [-0.4, -0.2) is 15.4 Å². The Morgan fingerprint density at radius 3 is 2.33 bits per heavy atom. The normalized spacial score (nSPS) is 10.3. The summed E-state index contributed by atoms with van der Waals surface area (Å²) in [6, 6.07) is 6.79. The second kappa shape index (κ2) is 4.26. The number of hydrogen-bond acceptors (Lipinski definition) is 4. The quantitative estimate of drug-likeness (QED) is 0.777. The van der Waals surface area contributed by atoms with Crippen LogP contribution >= 0.6 is 34.5 Å². The summed E-state index contributed by atoms with van der Waals surface area (Å²) in [6.45, 7) is 0. The molecular weight excluding hydrogens is 255 g/mol. The second-order valence-corrected chi connectivity index (χ2v) is 4.61. The number of carbonyl (C=O) groups excluding carboxylic acids is 1. The lowest BCUT2D eigenvalue weighted by Gasteiger charge is -1.96. The molecule has 0 atom stereocenters. The van der Waals surface area contributed by atoms with Gasteiger partial charge < -0.3 is 0 Å². The number of rotatable bonds is 2. The first-order chi connectivity index (χ1) is 7.16. The molecular formula is C9H4Cl2N2OS. The van der Waals surface area contributed by atoms with Crippen LogP contribution < -0.4 is 0 Å². The standard InChI is InChI=1S/C9H4Cl2N2OS/c10-7(14)5-1-3-6(4-2-5)8-12-13-9(11)15-8/h1-4H. The lowest BCUT2D eigenvalue weighted by atomic mass is 10.1. The van der Waals surface area contributed by atoms with Crippen molar-refractivity contribution >= 4 is 39.8 Å². The smallest absolute Gasteiger partial charge is 0.252 e. The molecule has 1 aromatic carbocycles. The van der Waals surface area contributed by atoms with Crippen molar-refractivity contribution in [2.24, 2.45) is 0 Å². The maximum absolute atomic E-state index is 10.8. The fraction of sp³-hybridized carbons (Fsp3) is 0. The molecule has 0 bridgehead atoms. The van der Waals surface area contributed by atoms with E-state index in [1.54, 1.807) is 24.3 Å². The van der Waals surface area contributed by atoms with E-state index in [-0.39, 0.29) is 0 Å². The summed E-state index contributed by atoms with van der Waals surface area (Å²) in [5.74, 6) is 0. The average molecular weight is 259 g/mol. The van der Waals surface area contributed by atoms with Gasteiger partial charge in [0.25, 0.3) is 5.24 Å². The van der Waals surface area contributed by atoms with Crippen LogP contribution in [0.4, 0.5) is 0 Å². The van der Waals surface area contributed by atoms with Gasteiger partial charge in [-0.05, 0) is 35.3 Å². The third kappa shape index (κ3) is 2.34. The van der Waals surface area contributed by atoms with Gasteiger partial charge in [-0.1, -0.05) is 23.5 Å². The van der Waals surface area contributed by atoms with Gasteiger partial charge in [-0.2, -0.15) is 0 Å². The Bertz CT molecular complexity index is 495. The van der Waals surface area contributed by atoms with E-state index in [0.717, 1.165) is 5.56 Å². The van der Waals surface area contributed by atoms with E-state index in [9.17, 15) is 4.79 Å². The van der Waals surface area contributed by atoms with Crippen molar-refractivity contribution < 1.29 is 4.79 Å². The topological polar surface area (TPSA) is 42.9 Å². The average Bonchev–Trinajstić information content (AvgIpc) is 2.65. The van der Waals surface area contributed by atoms with Crippen molar-refractivity contribution in [3.8, 4) is 10.6 Å². The van der Waals surface area contributed by atoms with E-state index in [2.05, 4.69) is 10.2 Å². The molecule has 76 valence electrons. The lowest BCUT2D eigenvalue weighted by Crippen LogP contribution is -1.87. The predicted octanol–water partition coefficient (Wildman–Crippen LogP) is 3.24. The zero-order valence-corrected chi connectivity index (χ0v) is 9.60. The molecule has 0 aliphatic heterocycles. The number of carbonyl (C=O) groups is 1. The highest BCUT2D eigenvalue weighted by Crippen LogP contribution is 2.26. The monoisotopic (exact) mass is 258 g/mol. The Labute approximate surface area is 99.7 Å². The molecule has 0 saturated heterocycles. The summed E-state index contributed by atoms with van der Waals surface area (Å²) in [7, 11) is 0. The predicted molar refractivity (Wildman–Crippen MR) is 60.5 cm³/mol. The Kier molecular flexibility index (Phi) is 3.00. The molecule has 0 unspecified atom stereocenters. The number of benzene rings is 1. The summed E-state index contributed by atoms with van der Waals surface area (Å²) in [5, 5.41) is 7.81. The molecule has 2 rings (SSSR count). The molecule has 0 fully saturated rings. The number of hydrogen-bond donors (Lipinski definition) is 0. The summed E-state index contributed by atoms with van der Waals surface area (Å²) in [6.07, 6.45) is 0. The molecule has 1 aromatic heterocycles. The molecule has 0 aliphatic rings. The zero-order chi connectivity index (χ0) is 10.8. The van der Waals surface area contributed by atoms with Crippen LogP contribution in [0.5, 0.6) is 0 Å². The van der Waals surface area contributed by atoms with Gasteiger partial charge in [-0.25, -0.2) is 0 Å². The van der Waals surface area contributed by atoms with Crippen LogP contribution in [0, 0.1) is 0 Å². The highest BCUT2D eigenvalue weighted by molar-refractivity contribution is 7.18. The molecule has 0 spiro atoms. The molecule has 0 saturated carbocycles. The molecule has 0 amide bonds. The first-order valence-electron chi connectivity index (χ1n) is 3.96. The SMILES string of the molecule is O=C(Cl)c1ccc(-c2nnc(Cl)s2)cc1. The first kappa shape index (κ1) is 10.5. The van der Waals surface area contributed by atoms with Gasteiger partial charge in [0, 0.05) is 11.1 Å². The third-order valence-corrected chi connectivity index (χ3v) is 3.05. The minimum absolute atomic E-state index is 0.391. The maximum atomic E-state index is 10.8.